The van der Waals surface area contributed by atoms with Crippen LogP contribution in [0.25, 0.3) is 0 Å². The Balaban J connectivity index is 2.20. The summed E-state index contributed by atoms with van der Waals surface area (Å²) in [5.41, 5.74) is 0. The average molecular weight is 226 g/mol. The van der Waals surface area contributed by atoms with Crippen LogP contribution in [0.2, 0.25) is 0 Å². The summed E-state index contributed by atoms with van der Waals surface area (Å²) in [4.78, 5) is 24.5. The van der Waals surface area contributed by atoms with E-state index in [0.717, 1.165) is 19.4 Å². The van der Waals surface area contributed by atoms with Gasteiger partial charge in [-0.2, -0.15) is 0 Å². The molecule has 0 saturated heterocycles. The molecule has 0 aliphatic heterocycles. The van der Waals surface area contributed by atoms with Gasteiger partial charge in [-0.25, -0.2) is 0 Å². The van der Waals surface area contributed by atoms with E-state index in [-0.39, 0.29) is 17.7 Å². The largest absolute Gasteiger partial charge is 0.354 e. The van der Waals surface area contributed by atoms with Gasteiger partial charge >= 0.3 is 0 Å². The van der Waals surface area contributed by atoms with Gasteiger partial charge < -0.3 is 10.2 Å². The number of amides is 2. The molecule has 0 atom stereocenters. The van der Waals surface area contributed by atoms with Crippen LogP contribution >= 0.6 is 0 Å². The first-order valence-corrected chi connectivity index (χ1v) is 6.04. The molecule has 4 nitrogen and oxygen atoms in total. The van der Waals surface area contributed by atoms with E-state index in [1.54, 1.807) is 11.8 Å². The Morgan fingerprint density at radius 3 is 2.44 bits per heavy atom. The van der Waals surface area contributed by atoms with Gasteiger partial charge in [-0.3, -0.25) is 9.59 Å². The van der Waals surface area contributed by atoms with Gasteiger partial charge in [0.2, 0.25) is 11.8 Å². The first kappa shape index (κ1) is 13.0. The monoisotopic (exact) mass is 226 g/mol. The van der Waals surface area contributed by atoms with E-state index in [4.69, 9.17) is 0 Å². The average Bonchev–Trinajstić information content (AvgIpc) is 2.98. The quantitative estimate of drug-likeness (QED) is 0.735. The molecular formula is C12H22N2O2. The van der Waals surface area contributed by atoms with Gasteiger partial charge in [0.25, 0.3) is 0 Å². The first-order chi connectivity index (χ1) is 7.50. The minimum atomic E-state index is 0.0781. The molecule has 1 aliphatic carbocycles. The Bertz CT molecular complexity index is 260. The van der Waals surface area contributed by atoms with Crippen molar-refractivity contribution in [3.63, 3.8) is 0 Å². The number of rotatable bonds is 6. The third-order valence-corrected chi connectivity index (χ3v) is 2.66. The summed E-state index contributed by atoms with van der Waals surface area (Å²) >= 11 is 0. The van der Waals surface area contributed by atoms with Crippen molar-refractivity contribution in [3.05, 3.63) is 0 Å². The summed E-state index contributed by atoms with van der Waals surface area (Å²) in [6.07, 6.45) is 2.04. The van der Waals surface area contributed by atoms with E-state index in [1.807, 2.05) is 0 Å². The number of nitrogens with one attached hydrogen (secondary N) is 1. The topological polar surface area (TPSA) is 49.4 Å². The Hall–Kier alpha value is -1.06. The van der Waals surface area contributed by atoms with Crippen LogP contribution in [0.5, 0.6) is 0 Å². The Morgan fingerprint density at radius 2 is 2.00 bits per heavy atom. The second-order valence-electron chi connectivity index (χ2n) is 4.92. The third kappa shape index (κ3) is 4.64. The zero-order valence-electron chi connectivity index (χ0n) is 10.5. The van der Waals surface area contributed by atoms with Crippen molar-refractivity contribution in [2.45, 2.75) is 33.6 Å². The van der Waals surface area contributed by atoms with Crippen LogP contribution in [0.3, 0.4) is 0 Å². The van der Waals surface area contributed by atoms with Crippen molar-refractivity contribution in [2.24, 2.45) is 11.8 Å². The molecule has 0 aromatic carbocycles. The SMILES string of the molecule is CC(=O)N(CCNC(=O)C1CC1)CC(C)C. The molecule has 0 heterocycles. The molecule has 1 saturated carbocycles. The molecule has 1 rings (SSSR count). The van der Waals surface area contributed by atoms with E-state index in [9.17, 15) is 9.59 Å². The summed E-state index contributed by atoms with van der Waals surface area (Å²) in [6, 6.07) is 0. The van der Waals surface area contributed by atoms with Crippen LogP contribution in [0.4, 0.5) is 0 Å². The van der Waals surface area contributed by atoms with Gasteiger partial charge in [-0.15, -0.1) is 0 Å². The molecule has 2 amide bonds. The minimum Gasteiger partial charge on any atom is -0.354 e. The second kappa shape index (κ2) is 5.87. The lowest BCUT2D eigenvalue weighted by atomic mass is 10.2. The minimum absolute atomic E-state index is 0.0781. The zero-order chi connectivity index (χ0) is 12.1. The summed E-state index contributed by atoms with van der Waals surface area (Å²) < 4.78 is 0. The normalized spacial score (nSPS) is 15.0. The lowest BCUT2D eigenvalue weighted by Gasteiger charge is -2.23. The van der Waals surface area contributed by atoms with E-state index in [1.165, 1.54) is 0 Å². The standard InChI is InChI=1S/C12H22N2O2/c1-9(2)8-14(10(3)15)7-6-13-12(16)11-4-5-11/h9,11H,4-8H2,1-3H3,(H,13,16). The van der Waals surface area contributed by atoms with Crippen molar-refractivity contribution in [1.82, 2.24) is 10.2 Å². The van der Waals surface area contributed by atoms with Crippen LogP contribution in [0.15, 0.2) is 0 Å². The number of hydrogen-bond acceptors (Lipinski definition) is 2. The summed E-state index contributed by atoms with van der Waals surface area (Å²) in [5, 5.41) is 2.87. The van der Waals surface area contributed by atoms with Crippen LogP contribution in [-0.4, -0.2) is 36.3 Å². The highest BCUT2D eigenvalue weighted by Gasteiger charge is 2.29. The molecule has 0 unspecified atom stereocenters. The number of nitrogens with zero attached hydrogens (tertiary/aromatic N) is 1. The van der Waals surface area contributed by atoms with E-state index < -0.39 is 0 Å². The fourth-order valence-electron chi connectivity index (χ4n) is 1.62. The molecule has 1 N–H and O–H groups in total. The lowest BCUT2D eigenvalue weighted by molar-refractivity contribution is -0.130. The first-order valence-electron chi connectivity index (χ1n) is 6.04. The molecule has 0 radical (unpaired) electrons. The molecule has 0 aromatic rings. The lowest BCUT2D eigenvalue weighted by Crippen LogP contribution is -2.39. The molecule has 1 aliphatic rings. The maximum atomic E-state index is 11.4. The van der Waals surface area contributed by atoms with E-state index in [2.05, 4.69) is 19.2 Å². The van der Waals surface area contributed by atoms with Crippen molar-refractivity contribution in [2.75, 3.05) is 19.6 Å². The zero-order valence-corrected chi connectivity index (χ0v) is 10.5. The van der Waals surface area contributed by atoms with E-state index >= 15 is 0 Å². The van der Waals surface area contributed by atoms with Crippen LogP contribution in [0.1, 0.15) is 33.6 Å². The Morgan fingerprint density at radius 1 is 1.38 bits per heavy atom. The van der Waals surface area contributed by atoms with Crippen molar-refractivity contribution in [1.29, 1.82) is 0 Å². The van der Waals surface area contributed by atoms with Crippen LogP contribution in [-0.2, 0) is 9.59 Å². The van der Waals surface area contributed by atoms with Gasteiger partial charge in [-0.05, 0) is 18.8 Å². The third-order valence-electron chi connectivity index (χ3n) is 2.66. The molecule has 0 spiro atoms. The number of carbonyl (C=O) groups is 2. The Kier molecular flexibility index (Phi) is 4.77. The Labute approximate surface area is 97.4 Å². The number of carbonyl (C=O) groups excluding carboxylic acids is 2. The van der Waals surface area contributed by atoms with Crippen molar-refractivity contribution in [3.8, 4) is 0 Å². The van der Waals surface area contributed by atoms with Gasteiger partial charge in [0.1, 0.15) is 0 Å². The fourth-order valence-corrected chi connectivity index (χ4v) is 1.62. The van der Waals surface area contributed by atoms with Crippen LogP contribution < -0.4 is 5.32 Å². The van der Waals surface area contributed by atoms with Gasteiger partial charge in [0.05, 0.1) is 0 Å². The number of hydrogen-bond donors (Lipinski definition) is 1. The maximum absolute atomic E-state index is 11.4. The van der Waals surface area contributed by atoms with Gasteiger partial charge in [0, 0.05) is 32.5 Å². The van der Waals surface area contributed by atoms with E-state index in [0.29, 0.717) is 19.0 Å². The molecule has 0 bridgehead atoms. The predicted octanol–water partition coefficient (Wildman–Crippen LogP) is 1.02. The smallest absolute Gasteiger partial charge is 0.223 e. The highest BCUT2D eigenvalue weighted by atomic mass is 16.2. The second-order valence-corrected chi connectivity index (χ2v) is 4.92. The van der Waals surface area contributed by atoms with Gasteiger partial charge in [-0.1, -0.05) is 13.8 Å². The highest BCUT2D eigenvalue weighted by Crippen LogP contribution is 2.28. The molecule has 92 valence electrons. The maximum Gasteiger partial charge on any atom is 0.223 e. The molecule has 0 aromatic heterocycles. The summed E-state index contributed by atoms with van der Waals surface area (Å²) in [7, 11) is 0. The summed E-state index contributed by atoms with van der Waals surface area (Å²) in [6.45, 7) is 7.69. The highest BCUT2D eigenvalue weighted by molar-refractivity contribution is 5.80. The predicted molar refractivity (Wildman–Crippen MR) is 62.8 cm³/mol. The summed E-state index contributed by atoms with van der Waals surface area (Å²) in [5.74, 6) is 0.932. The molecule has 1 fully saturated rings. The van der Waals surface area contributed by atoms with Crippen LogP contribution in [0, 0.1) is 11.8 Å². The molecule has 16 heavy (non-hydrogen) atoms. The molecular weight excluding hydrogens is 204 g/mol. The van der Waals surface area contributed by atoms with Crippen molar-refractivity contribution >= 4 is 11.8 Å². The fraction of sp³-hybridized carbons (Fsp3) is 0.833. The van der Waals surface area contributed by atoms with Crippen molar-refractivity contribution < 1.29 is 9.59 Å². The van der Waals surface area contributed by atoms with Gasteiger partial charge in [0.15, 0.2) is 0 Å². The molecule has 4 heteroatoms.